The fourth-order valence-electron chi connectivity index (χ4n) is 3.19. The van der Waals surface area contributed by atoms with Crippen molar-refractivity contribution in [1.29, 1.82) is 0 Å². The van der Waals surface area contributed by atoms with E-state index in [2.05, 4.69) is 34.1 Å². The average Bonchev–Trinajstić information content (AvgIpc) is 2.67. The van der Waals surface area contributed by atoms with Crippen LogP contribution in [0.25, 0.3) is 6.08 Å². The first-order valence-corrected chi connectivity index (χ1v) is 6.83. The molecule has 0 saturated heterocycles. The van der Waals surface area contributed by atoms with Crippen LogP contribution in [0.2, 0.25) is 0 Å². The van der Waals surface area contributed by atoms with Gasteiger partial charge in [-0.15, -0.1) is 0 Å². The zero-order valence-electron chi connectivity index (χ0n) is 9.12. The molecule has 0 aromatic heterocycles. The van der Waals surface area contributed by atoms with E-state index < -0.39 is 5.60 Å². The number of fused-ring (bicyclic) bond motifs is 1. The number of hydrogen-bond acceptors (Lipinski definition) is 1. The van der Waals surface area contributed by atoms with E-state index >= 15 is 0 Å². The highest BCUT2D eigenvalue weighted by molar-refractivity contribution is 9.09. The molecule has 84 valence electrons. The van der Waals surface area contributed by atoms with Crippen LogP contribution in [-0.4, -0.2) is 16.0 Å². The second-order valence-electron chi connectivity index (χ2n) is 5.28. The first kappa shape index (κ1) is 10.5. The molecule has 3 saturated carbocycles. The van der Waals surface area contributed by atoms with Crippen molar-refractivity contribution in [2.75, 3.05) is 5.33 Å². The van der Waals surface area contributed by atoms with E-state index in [0.717, 1.165) is 24.6 Å². The van der Waals surface area contributed by atoms with E-state index in [1.165, 1.54) is 11.1 Å². The minimum atomic E-state index is -0.496. The first-order valence-electron chi connectivity index (χ1n) is 5.70. The van der Waals surface area contributed by atoms with Crippen LogP contribution in [0.3, 0.4) is 0 Å². The Morgan fingerprint density at radius 1 is 1.25 bits per heavy atom. The molecule has 1 nitrogen and oxygen atoms in total. The Bertz CT molecular complexity index is 429. The molecule has 2 heteroatoms. The lowest BCUT2D eigenvalue weighted by Crippen LogP contribution is -2.44. The molecule has 3 fully saturated rings. The SMILES string of the molecule is OC12CC(CBr)(C/C1=C\c1ccccc1)C2. The summed E-state index contributed by atoms with van der Waals surface area (Å²) in [6, 6.07) is 10.3. The van der Waals surface area contributed by atoms with Crippen LogP contribution in [0.4, 0.5) is 0 Å². The second kappa shape index (κ2) is 3.44. The smallest absolute Gasteiger partial charge is 0.0871 e. The standard InChI is InChI=1S/C14H15BrO/c15-10-13-7-12(14(16,8-13)9-13)6-11-4-2-1-3-5-11/h1-6,16H,7-10H2/b12-6+. The van der Waals surface area contributed by atoms with E-state index in [4.69, 9.17) is 0 Å². The molecule has 1 aromatic rings. The predicted octanol–water partition coefficient (Wildman–Crippen LogP) is 3.38. The van der Waals surface area contributed by atoms with E-state index in [0.29, 0.717) is 5.41 Å². The molecule has 0 aliphatic heterocycles. The Hall–Kier alpha value is -0.600. The fourth-order valence-corrected chi connectivity index (χ4v) is 3.78. The van der Waals surface area contributed by atoms with Gasteiger partial charge in [0.2, 0.25) is 0 Å². The van der Waals surface area contributed by atoms with Crippen LogP contribution in [0, 0.1) is 5.41 Å². The van der Waals surface area contributed by atoms with Gasteiger partial charge in [0, 0.05) is 5.33 Å². The van der Waals surface area contributed by atoms with Crippen LogP contribution < -0.4 is 0 Å². The van der Waals surface area contributed by atoms with E-state index in [1.54, 1.807) is 0 Å². The largest absolute Gasteiger partial charge is 0.385 e. The highest BCUT2D eigenvalue weighted by Gasteiger charge is 2.62. The van der Waals surface area contributed by atoms with Crippen LogP contribution in [0.15, 0.2) is 35.9 Å². The Labute approximate surface area is 104 Å². The summed E-state index contributed by atoms with van der Waals surface area (Å²) < 4.78 is 0. The van der Waals surface area contributed by atoms with Gasteiger partial charge in [-0.2, -0.15) is 0 Å². The van der Waals surface area contributed by atoms with Gasteiger partial charge in [0.1, 0.15) is 0 Å². The summed E-state index contributed by atoms with van der Waals surface area (Å²) in [6.07, 6.45) is 5.08. The van der Waals surface area contributed by atoms with Gasteiger partial charge in [0.05, 0.1) is 5.60 Å². The van der Waals surface area contributed by atoms with Gasteiger partial charge < -0.3 is 5.11 Å². The van der Waals surface area contributed by atoms with Crippen LogP contribution in [-0.2, 0) is 0 Å². The van der Waals surface area contributed by atoms with Crippen LogP contribution >= 0.6 is 15.9 Å². The van der Waals surface area contributed by atoms with E-state index in [9.17, 15) is 5.11 Å². The topological polar surface area (TPSA) is 20.2 Å². The molecule has 1 N–H and O–H groups in total. The maximum atomic E-state index is 10.4. The first-order chi connectivity index (χ1) is 7.66. The Balaban J connectivity index is 1.91. The summed E-state index contributed by atoms with van der Waals surface area (Å²) in [4.78, 5) is 0. The van der Waals surface area contributed by atoms with Crippen molar-refractivity contribution in [3.63, 3.8) is 0 Å². The Morgan fingerprint density at radius 3 is 2.50 bits per heavy atom. The second-order valence-corrected chi connectivity index (χ2v) is 5.84. The molecular formula is C14H15BrO. The number of benzene rings is 1. The summed E-state index contributed by atoms with van der Waals surface area (Å²) in [5, 5.41) is 11.4. The summed E-state index contributed by atoms with van der Waals surface area (Å²) in [5.41, 5.74) is 2.26. The molecule has 0 heterocycles. The van der Waals surface area contributed by atoms with Crippen molar-refractivity contribution in [2.24, 2.45) is 5.41 Å². The fraction of sp³-hybridized carbons (Fsp3) is 0.429. The zero-order valence-corrected chi connectivity index (χ0v) is 10.7. The molecule has 2 bridgehead atoms. The maximum Gasteiger partial charge on any atom is 0.0871 e. The molecule has 0 atom stereocenters. The summed E-state index contributed by atoms with van der Waals surface area (Å²) in [6.45, 7) is 0. The molecule has 3 aliphatic rings. The van der Waals surface area contributed by atoms with Crippen molar-refractivity contribution >= 4 is 22.0 Å². The van der Waals surface area contributed by atoms with Crippen molar-refractivity contribution in [2.45, 2.75) is 24.9 Å². The third-order valence-electron chi connectivity index (χ3n) is 3.92. The van der Waals surface area contributed by atoms with Gasteiger partial charge in [-0.1, -0.05) is 52.3 Å². The average molecular weight is 279 g/mol. The quantitative estimate of drug-likeness (QED) is 0.823. The van der Waals surface area contributed by atoms with Gasteiger partial charge >= 0.3 is 0 Å². The minimum Gasteiger partial charge on any atom is -0.385 e. The lowest BCUT2D eigenvalue weighted by Gasteiger charge is -2.42. The van der Waals surface area contributed by atoms with Crippen molar-refractivity contribution < 1.29 is 5.11 Å². The molecule has 1 aromatic carbocycles. The van der Waals surface area contributed by atoms with Gasteiger partial charge in [0.15, 0.2) is 0 Å². The third kappa shape index (κ3) is 1.47. The Morgan fingerprint density at radius 2 is 1.94 bits per heavy atom. The number of halogens is 1. The van der Waals surface area contributed by atoms with Gasteiger partial charge in [0.25, 0.3) is 0 Å². The van der Waals surface area contributed by atoms with Crippen LogP contribution in [0.5, 0.6) is 0 Å². The molecule has 0 radical (unpaired) electrons. The number of rotatable bonds is 2. The third-order valence-corrected chi connectivity index (χ3v) is 5.11. The van der Waals surface area contributed by atoms with E-state index in [-0.39, 0.29) is 0 Å². The van der Waals surface area contributed by atoms with Crippen molar-refractivity contribution in [3.8, 4) is 0 Å². The highest BCUT2D eigenvalue weighted by atomic mass is 79.9. The number of alkyl halides is 1. The highest BCUT2D eigenvalue weighted by Crippen LogP contribution is 2.64. The lowest BCUT2D eigenvalue weighted by molar-refractivity contribution is -0.0382. The molecule has 4 rings (SSSR count). The molecule has 0 spiro atoms. The van der Waals surface area contributed by atoms with Crippen molar-refractivity contribution in [1.82, 2.24) is 0 Å². The zero-order chi connectivity index (χ0) is 11.2. The number of hydrogen-bond donors (Lipinski definition) is 1. The van der Waals surface area contributed by atoms with Gasteiger partial charge in [-0.3, -0.25) is 0 Å². The van der Waals surface area contributed by atoms with Gasteiger partial charge in [-0.05, 0) is 35.8 Å². The molecule has 16 heavy (non-hydrogen) atoms. The summed E-state index contributed by atoms with van der Waals surface area (Å²) in [5.74, 6) is 0. The molecule has 0 amide bonds. The number of aliphatic hydroxyl groups is 1. The van der Waals surface area contributed by atoms with Crippen LogP contribution in [0.1, 0.15) is 24.8 Å². The minimum absolute atomic E-state index is 0.343. The summed E-state index contributed by atoms with van der Waals surface area (Å²) >= 11 is 3.57. The molecule has 3 aliphatic carbocycles. The molecular weight excluding hydrogens is 264 g/mol. The lowest BCUT2D eigenvalue weighted by atomic mass is 9.68. The summed E-state index contributed by atoms with van der Waals surface area (Å²) in [7, 11) is 0. The normalized spacial score (nSPS) is 38.8. The predicted molar refractivity (Wildman–Crippen MR) is 69.4 cm³/mol. The van der Waals surface area contributed by atoms with Crippen molar-refractivity contribution in [3.05, 3.63) is 41.5 Å². The Kier molecular flexibility index (Phi) is 2.27. The van der Waals surface area contributed by atoms with E-state index in [1.807, 2.05) is 18.2 Å². The monoisotopic (exact) mass is 278 g/mol. The molecule has 0 unspecified atom stereocenters. The van der Waals surface area contributed by atoms with Gasteiger partial charge in [-0.25, -0.2) is 0 Å². The maximum absolute atomic E-state index is 10.4.